The lowest BCUT2D eigenvalue weighted by atomic mass is 9.95. The Bertz CT molecular complexity index is 935. The van der Waals surface area contributed by atoms with Crippen LogP contribution in [-0.4, -0.2) is 32.6 Å². The normalized spacial score (nSPS) is 15.2. The first-order valence-electron chi connectivity index (χ1n) is 9.15. The van der Waals surface area contributed by atoms with Gasteiger partial charge in [-0.05, 0) is 31.0 Å². The first-order chi connectivity index (χ1) is 12.4. The number of fused-ring (bicyclic) bond motifs is 1. The topological polar surface area (TPSA) is 46.8 Å². The van der Waals surface area contributed by atoms with Gasteiger partial charge in [-0.25, -0.2) is 9.97 Å². The summed E-state index contributed by atoms with van der Waals surface area (Å²) in [6.45, 7) is 9.20. The van der Waals surface area contributed by atoms with Gasteiger partial charge in [-0.3, -0.25) is 4.98 Å². The lowest BCUT2D eigenvalue weighted by molar-refractivity contribution is 0.546. The van der Waals surface area contributed by atoms with Crippen molar-refractivity contribution in [2.75, 3.05) is 18.0 Å². The fraction of sp³-hybridized carbons (Fsp3) is 0.450. The molecular formula is C20H24ClN5. The molecule has 5 nitrogen and oxygen atoms in total. The zero-order valence-corrected chi connectivity index (χ0v) is 16.3. The van der Waals surface area contributed by atoms with E-state index in [4.69, 9.17) is 21.6 Å². The molecule has 6 heteroatoms. The van der Waals surface area contributed by atoms with Gasteiger partial charge in [0.15, 0.2) is 0 Å². The summed E-state index contributed by atoms with van der Waals surface area (Å²) in [4.78, 5) is 16.7. The van der Waals surface area contributed by atoms with E-state index in [9.17, 15) is 0 Å². The average molecular weight is 370 g/mol. The van der Waals surface area contributed by atoms with E-state index in [1.54, 1.807) is 6.20 Å². The largest absolute Gasteiger partial charge is 0.356 e. The van der Waals surface area contributed by atoms with Crippen LogP contribution in [0.4, 0.5) is 5.82 Å². The van der Waals surface area contributed by atoms with Crippen LogP contribution < -0.4 is 4.90 Å². The SMILES string of the molecule is CC(C)(C)c1nc(N2CCCC2)c2ccn(Cc3ncccc3Cl)c2n1. The fourth-order valence-corrected chi connectivity index (χ4v) is 3.56. The van der Waals surface area contributed by atoms with Crippen LogP contribution in [0, 0.1) is 0 Å². The molecule has 0 unspecified atom stereocenters. The summed E-state index contributed by atoms with van der Waals surface area (Å²) in [5.41, 5.74) is 1.69. The van der Waals surface area contributed by atoms with E-state index < -0.39 is 0 Å². The first-order valence-corrected chi connectivity index (χ1v) is 9.53. The predicted molar refractivity (Wildman–Crippen MR) is 106 cm³/mol. The molecule has 0 aromatic carbocycles. The third-order valence-electron chi connectivity index (χ3n) is 4.83. The minimum absolute atomic E-state index is 0.111. The molecule has 1 fully saturated rings. The summed E-state index contributed by atoms with van der Waals surface area (Å²) < 4.78 is 2.13. The van der Waals surface area contributed by atoms with Crippen LogP contribution in [0.25, 0.3) is 11.0 Å². The molecule has 0 amide bonds. The molecule has 0 aliphatic carbocycles. The van der Waals surface area contributed by atoms with Crippen molar-refractivity contribution in [3.05, 3.63) is 47.1 Å². The molecule has 4 rings (SSSR count). The molecule has 0 atom stereocenters. The summed E-state index contributed by atoms with van der Waals surface area (Å²) in [6, 6.07) is 5.85. The highest BCUT2D eigenvalue weighted by molar-refractivity contribution is 6.31. The van der Waals surface area contributed by atoms with Crippen LogP contribution in [-0.2, 0) is 12.0 Å². The summed E-state index contributed by atoms with van der Waals surface area (Å²) in [5, 5.41) is 1.78. The van der Waals surface area contributed by atoms with Crippen LogP contribution in [0.15, 0.2) is 30.6 Å². The number of pyridine rings is 1. The number of hydrogen-bond acceptors (Lipinski definition) is 4. The van der Waals surface area contributed by atoms with Crippen LogP contribution in [0.3, 0.4) is 0 Å². The van der Waals surface area contributed by atoms with Crippen molar-refractivity contribution in [1.82, 2.24) is 19.5 Å². The smallest absolute Gasteiger partial charge is 0.146 e. The number of hydrogen-bond donors (Lipinski definition) is 0. The number of aromatic nitrogens is 4. The predicted octanol–water partition coefficient (Wildman–Crippen LogP) is 4.43. The van der Waals surface area contributed by atoms with Crippen LogP contribution in [0.2, 0.25) is 5.02 Å². The molecular weight excluding hydrogens is 346 g/mol. The second kappa shape index (κ2) is 6.54. The number of rotatable bonds is 3. The minimum Gasteiger partial charge on any atom is -0.356 e. The van der Waals surface area contributed by atoms with Crippen molar-refractivity contribution in [2.45, 2.75) is 45.6 Å². The molecule has 1 aliphatic rings. The molecule has 0 bridgehead atoms. The first kappa shape index (κ1) is 17.3. The number of nitrogens with zero attached hydrogens (tertiary/aromatic N) is 5. The van der Waals surface area contributed by atoms with Crippen molar-refractivity contribution in [3.8, 4) is 0 Å². The van der Waals surface area contributed by atoms with Crippen molar-refractivity contribution in [2.24, 2.45) is 0 Å². The van der Waals surface area contributed by atoms with Gasteiger partial charge in [0.1, 0.15) is 17.3 Å². The highest BCUT2D eigenvalue weighted by Gasteiger charge is 2.25. The van der Waals surface area contributed by atoms with Gasteiger partial charge in [-0.15, -0.1) is 0 Å². The van der Waals surface area contributed by atoms with Crippen LogP contribution >= 0.6 is 11.6 Å². The van der Waals surface area contributed by atoms with Gasteiger partial charge in [0.2, 0.25) is 0 Å². The highest BCUT2D eigenvalue weighted by Crippen LogP contribution is 2.31. The Morgan fingerprint density at radius 3 is 2.58 bits per heavy atom. The molecule has 1 aliphatic heterocycles. The van der Waals surface area contributed by atoms with Gasteiger partial charge in [0.25, 0.3) is 0 Å². The molecule has 3 aromatic heterocycles. The summed E-state index contributed by atoms with van der Waals surface area (Å²) in [5.74, 6) is 1.93. The van der Waals surface area contributed by atoms with Crippen molar-refractivity contribution in [1.29, 1.82) is 0 Å². The monoisotopic (exact) mass is 369 g/mol. The van der Waals surface area contributed by atoms with E-state index in [1.165, 1.54) is 12.8 Å². The maximum atomic E-state index is 6.31. The van der Waals surface area contributed by atoms with E-state index in [0.29, 0.717) is 11.6 Å². The molecule has 0 radical (unpaired) electrons. The van der Waals surface area contributed by atoms with Gasteiger partial charge >= 0.3 is 0 Å². The molecule has 4 heterocycles. The van der Waals surface area contributed by atoms with Gasteiger partial charge in [-0.1, -0.05) is 32.4 Å². The zero-order chi connectivity index (χ0) is 18.3. The maximum Gasteiger partial charge on any atom is 0.146 e. The van der Waals surface area contributed by atoms with Crippen molar-refractivity contribution in [3.63, 3.8) is 0 Å². The Morgan fingerprint density at radius 1 is 1.12 bits per heavy atom. The standard InChI is InChI=1S/C20H24ClN5/c1-20(2,3)19-23-17(25-10-4-5-11-25)14-8-12-26(18(14)24-19)13-16-15(21)7-6-9-22-16/h6-9,12H,4-5,10-11,13H2,1-3H3. The molecule has 0 spiro atoms. The van der Waals surface area contributed by atoms with Crippen molar-refractivity contribution >= 4 is 28.5 Å². The third-order valence-corrected chi connectivity index (χ3v) is 5.17. The van der Waals surface area contributed by atoms with E-state index in [-0.39, 0.29) is 5.41 Å². The average Bonchev–Trinajstić information content (AvgIpc) is 3.25. The summed E-state index contributed by atoms with van der Waals surface area (Å²) >= 11 is 6.31. The third kappa shape index (κ3) is 3.16. The maximum absolute atomic E-state index is 6.31. The van der Waals surface area contributed by atoms with Crippen molar-refractivity contribution < 1.29 is 0 Å². The Morgan fingerprint density at radius 2 is 1.88 bits per heavy atom. The van der Waals surface area contributed by atoms with E-state index in [2.05, 4.69) is 47.5 Å². The molecule has 0 saturated carbocycles. The van der Waals surface area contributed by atoms with Gasteiger partial charge in [0, 0.05) is 30.9 Å². The van der Waals surface area contributed by atoms with Gasteiger partial charge in [-0.2, -0.15) is 0 Å². The molecule has 3 aromatic rings. The molecule has 136 valence electrons. The van der Waals surface area contributed by atoms with Gasteiger partial charge in [0.05, 0.1) is 22.6 Å². The molecule has 1 saturated heterocycles. The highest BCUT2D eigenvalue weighted by atomic mass is 35.5. The summed E-state index contributed by atoms with van der Waals surface area (Å²) in [6.07, 6.45) is 6.29. The minimum atomic E-state index is -0.111. The Balaban J connectivity index is 1.85. The number of halogens is 1. The second-order valence-corrected chi connectivity index (χ2v) is 8.34. The lowest BCUT2D eigenvalue weighted by Crippen LogP contribution is -2.23. The zero-order valence-electron chi connectivity index (χ0n) is 15.5. The van der Waals surface area contributed by atoms with Crippen LogP contribution in [0.5, 0.6) is 0 Å². The fourth-order valence-electron chi connectivity index (χ4n) is 3.38. The number of anilines is 1. The Kier molecular flexibility index (Phi) is 4.35. The lowest BCUT2D eigenvalue weighted by Gasteiger charge is -2.22. The van der Waals surface area contributed by atoms with E-state index in [1.807, 2.05) is 12.1 Å². The Labute approximate surface area is 159 Å². The quantitative estimate of drug-likeness (QED) is 0.685. The molecule has 26 heavy (non-hydrogen) atoms. The van der Waals surface area contributed by atoms with E-state index >= 15 is 0 Å². The van der Waals surface area contributed by atoms with Crippen LogP contribution in [0.1, 0.15) is 45.1 Å². The van der Waals surface area contributed by atoms with Gasteiger partial charge < -0.3 is 9.47 Å². The Hall–Kier alpha value is -2.14. The second-order valence-electron chi connectivity index (χ2n) is 7.93. The van der Waals surface area contributed by atoms with E-state index in [0.717, 1.165) is 41.5 Å². The summed E-state index contributed by atoms with van der Waals surface area (Å²) in [7, 11) is 0. The molecule has 0 N–H and O–H groups in total.